The van der Waals surface area contributed by atoms with Crippen LogP contribution in [0.25, 0.3) is 0 Å². The first-order valence-corrected chi connectivity index (χ1v) is 7.70. The number of benzene rings is 1. The summed E-state index contributed by atoms with van der Waals surface area (Å²) in [5.41, 5.74) is 0.444. The molecule has 2 amide bonds. The smallest absolute Gasteiger partial charge is 0.313 e. The van der Waals surface area contributed by atoms with E-state index in [9.17, 15) is 9.59 Å². The highest BCUT2D eigenvalue weighted by molar-refractivity contribution is 6.39. The Balaban J connectivity index is 2.49. The molecule has 0 fully saturated rings. The molecule has 0 aliphatic heterocycles. The number of carbonyl (C=O) groups is 2. The Labute approximate surface area is 138 Å². The summed E-state index contributed by atoms with van der Waals surface area (Å²) in [7, 11) is 3.95. The molecule has 2 N–H and O–H groups in total. The van der Waals surface area contributed by atoms with Crippen LogP contribution in [-0.2, 0) is 9.59 Å². The van der Waals surface area contributed by atoms with Gasteiger partial charge in [0.25, 0.3) is 0 Å². The summed E-state index contributed by atoms with van der Waals surface area (Å²) in [6.45, 7) is 7.80. The largest absolute Gasteiger partial charge is 0.494 e. The Hall–Kier alpha value is -2.08. The second-order valence-electron chi connectivity index (χ2n) is 6.50. The molecule has 1 aromatic carbocycles. The molecule has 1 rings (SSSR count). The first kappa shape index (κ1) is 19.0. The molecule has 6 nitrogen and oxygen atoms in total. The number of amides is 2. The van der Waals surface area contributed by atoms with Crippen molar-refractivity contribution in [3.8, 4) is 5.75 Å². The lowest BCUT2D eigenvalue weighted by molar-refractivity contribution is -0.136. The predicted molar refractivity (Wildman–Crippen MR) is 91.6 cm³/mol. The quantitative estimate of drug-likeness (QED) is 0.750. The summed E-state index contributed by atoms with van der Waals surface area (Å²) < 4.78 is 5.32. The minimum atomic E-state index is -0.671. The second-order valence-corrected chi connectivity index (χ2v) is 6.50. The monoisotopic (exact) mass is 321 g/mol. The first-order valence-electron chi connectivity index (χ1n) is 7.70. The van der Waals surface area contributed by atoms with Crippen molar-refractivity contribution in [2.45, 2.75) is 20.8 Å². The summed E-state index contributed by atoms with van der Waals surface area (Å²) in [5, 5.41) is 5.25. The van der Waals surface area contributed by atoms with E-state index < -0.39 is 11.8 Å². The third kappa shape index (κ3) is 7.15. The molecular formula is C17H27N3O3. The van der Waals surface area contributed by atoms with Crippen LogP contribution in [0.5, 0.6) is 5.75 Å². The Morgan fingerprint density at radius 1 is 1.13 bits per heavy atom. The summed E-state index contributed by atoms with van der Waals surface area (Å²) in [4.78, 5) is 25.8. The highest BCUT2D eigenvalue weighted by Crippen LogP contribution is 2.16. The highest BCUT2D eigenvalue weighted by Gasteiger charge is 2.22. The number of nitrogens with zero attached hydrogens (tertiary/aromatic N) is 1. The van der Waals surface area contributed by atoms with Crippen molar-refractivity contribution in [1.82, 2.24) is 10.2 Å². The average Bonchev–Trinajstić information content (AvgIpc) is 2.46. The van der Waals surface area contributed by atoms with Crippen molar-refractivity contribution < 1.29 is 14.3 Å². The molecule has 128 valence electrons. The summed E-state index contributed by atoms with van der Waals surface area (Å²) in [6, 6.07) is 6.90. The second kappa shape index (κ2) is 8.53. The van der Waals surface area contributed by atoms with Crippen LogP contribution in [0, 0.1) is 5.41 Å². The van der Waals surface area contributed by atoms with E-state index in [2.05, 4.69) is 10.6 Å². The average molecular weight is 321 g/mol. The van der Waals surface area contributed by atoms with E-state index in [1.165, 1.54) is 0 Å². The van der Waals surface area contributed by atoms with Gasteiger partial charge in [-0.2, -0.15) is 0 Å². The van der Waals surface area contributed by atoms with Gasteiger partial charge < -0.3 is 20.3 Å². The molecule has 0 aromatic heterocycles. The van der Waals surface area contributed by atoms with E-state index in [1.54, 1.807) is 24.3 Å². The van der Waals surface area contributed by atoms with E-state index in [1.807, 2.05) is 39.8 Å². The van der Waals surface area contributed by atoms with Gasteiger partial charge in [-0.05, 0) is 50.7 Å². The van der Waals surface area contributed by atoms with Crippen LogP contribution >= 0.6 is 0 Å². The fourth-order valence-corrected chi connectivity index (χ4v) is 2.30. The molecular weight excluding hydrogens is 294 g/mol. The van der Waals surface area contributed by atoms with Crippen molar-refractivity contribution >= 4 is 17.5 Å². The van der Waals surface area contributed by atoms with Crippen molar-refractivity contribution in [2.75, 3.05) is 39.1 Å². The van der Waals surface area contributed by atoms with E-state index >= 15 is 0 Å². The van der Waals surface area contributed by atoms with Gasteiger partial charge in [-0.25, -0.2) is 0 Å². The molecule has 1 aromatic rings. The van der Waals surface area contributed by atoms with Gasteiger partial charge in [-0.15, -0.1) is 0 Å². The molecule has 0 atom stereocenters. The summed E-state index contributed by atoms with van der Waals surface area (Å²) >= 11 is 0. The van der Waals surface area contributed by atoms with E-state index in [-0.39, 0.29) is 5.41 Å². The van der Waals surface area contributed by atoms with Crippen LogP contribution in [-0.4, -0.2) is 50.5 Å². The first-order chi connectivity index (χ1) is 10.7. The Morgan fingerprint density at radius 2 is 1.74 bits per heavy atom. The third-order valence-corrected chi connectivity index (χ3v) is 3.10. The fraction of sp³-hybridized carbons (Fsp3) is 0.529. The van der Waals surface area contributed by atoms with Crippen molar-refractivity contribution in [3.63, 3.8) is 0 Å². The van der Waals surface area contributed by atoms with Gasteiger partial charge in [0.15, 0.2) is 0 Å². The number of rotatable bonds is 7. The van der Waals surface area contributed by atoms with Gasteiger partial charge in [-0.3, -0.25) is 9.59 Å². The number of anilines is 1. The molecule has 23 heavy (non-hydrogen) atoms. The molecule has 0 unspecified atom stereocenters. The van der Waals surface area contributed by atoms with E-state index in [0.717, 1.165) is 12.3 Å². The van der Waals surface area contributed by atoms with E-state index in [0.29, 0.717) is 18.8 Å². The molecule has 0 bridgehead atoms. The topological polar surface area (TPSA) is 70.7 Å². The number of carbonyl (C=O) groups excluding carboxylic acids is 2. The maximum atomic E-state index is 11.9. The molecule has 0 saturated carbocycles. The van der Waals surface area contributed by atoms with Crippen LogP contribution < -0.4 is 15.4 Å². The zero-order chi connectivity index (χ0) is 17.5. The molecule has 0 aliphatic carbocycles. The lowest BCUT2D eigenvalue weighted by Crippen LogP contribution is -2.43. The van der Waals surface area contributed by atoms with Crippen LogP contribution in [0.2, 0.25) is 0 Å². The van der Waals surface area contributed by atoms with Gasteiger partial charge in [0.05, 0.1) is 6.61 Å². The Bertz CT molecular complexity index is 524. The lowest BCUT2D eigenvalue weighted by Gasteiger charge is -2.28. The number of hydrogen-bond donors (Lipinski definition) is 2. The van der Waals surface area contributed by atoms with Crippen LogP contribution in [0.1, 0.15) is 20.8 Å². The van der Waals surface area contributed by atoms with Gasteiger partial charge in [0.1, 0.15) is 5.75 Å². The molecule has 0 aliphatic rings. The maximum absolute atomic E-state index is 11.9. The van der Waals surface area contributed by atoms with Gasteiger partial charge in [0, 0.05) is 18.8 Å². The number of nitrogens with one attached hydrogen (secondary N) is 2. The van der Waals surface area contributed by atoms with Crippen LogP contribution in [0.3, 0.4) is 0 Å². The maximum Gasteiger partial charge on any atom is 0.313 e. The van der Waals surface area contributed by atoms with Crippen LogP contribution in [0.4, 0.5) is 5.69 Å². The van der Waals surface area contributed by atoms with Gasteiger partial charge >= 0.3 is 11.8 Å². The van der Waals surface area contributed by atoms with Crippen LogP contribution in [0.15, 0.2) is 24.3 Å². The third-order valence-electron chi connectivity index (χ3n) is 3.10. The lowest BCUT2D eigenvalue weighted by atomic mass is 9.93. The Kier molecular flexibility index (Phi) is 7.03. The minimum absolute atomic E-state index is 0.113. The number of hydrogen-bond acceptors (Lipinski definition) is 4. The fourth-order valence-electron chi connectivity index (χ4n) is 2.30. The predicted octanol–water partition coefficient (Wildman–Crippen LogP) is 1.73. The molecule has 0 heterocycles. The molecule has 6 heteroatoms. The standard InChI is InChI=1S/C17H27N3O3/c1-6-23-14-9-7-13(8-10-14)19-16(22)15(21)18-11-17(2,3)12-20(4)5/h7-10H,6,11-12H2,1-5H3,(H,18,21)(H,19,22). The summed E-state index contributed by atoms with van der Waals surface area (Å²) in [5.74, 6) is -0.582. The zero-order valence-electron chi connectivity index (χ0n) is 14.6. The Morgan fingerprint density at radius 3 is 2.26 bits per heavy atom. The zero-order valence-corrected chi connectivity index (χ0v) is 14.6. The SMILES string of the molecule is CCOc1ccc(NC(=O)C(=O)NCC(C)(C)CN(C)C)cc1. The van der Waals surface area contributed by atoms with Crippen molar-refractivity contribution in [3.05, 3.63) is 24.3 Å². The molecule has 0 radical (unpaired) electrons. The number of ether oxygens (including phenoxy) is 1. The van der Waals surface area contributed by atoms with Crippen molar-refractivity contribution in [2.24, 2.45) is 5.41 Å². The molecule has 0 spiro atoms. The molecule has 0 saturated heterocycles. The highest BCUT2D eigenvalue weighted by atomic mass is 16.5. The van der Waals surface area contributed by atoms with Gasteiger partial charge in [-0.1, -0.05) is 13.8 Å². The van der Waals surface area contributed by atoms with Crippen molar-refractivity contribution in [1.29, 1.82) is 0 Å². The van der Waals surface area contributed by atoms with E-state index in [4.69, 9.17) is 4.74 Å². The minimum Gasteiger partial charge on any atom is -0.494 e. The van der Waals surface area contributed by atoms with Gasteiger partial charge in [0.2, 0.25) is 0 Å². The summed E-state index contributed by atoms with van der Waals surface area (Å²) in [6.07, 6.45) is 0. The normalized spacial score (nSPS) is 11.2.